The van der Waals surface area contributed by atoms with Gasteiger partial charge in [-0.05, 0) is 24.3 Å². The van der Waals surface area contributed by atoms with Crippen LogP contribution in [0, 0.1) is 0 Å². The summed E-state index contributed by atoms with van der Waals surface area (Å²) in [7, 11) is 2.89. The quantitative estimate of drug-likeness (QED) is 0.907. The number of hydrogen-bond acceptors (Lipinski definition) is 4. The number of carboxylic acids is 1. The minimum absolute atomic E-state index is 0.0686. The fraction of sp³-hybridized carbons (Fsp3) is 0.133. The molecule has 0 aromatic heterocycles. The van der Waals surface area contributed by atoms with Crippen LogP contribution in [0.3, 0.4) is 0 Å². The van der Waals surface area contributed by atoms with E-state index in [0.29, 0.717) is 23.0 Å². The topological polar surface area (TPSA) is 65.0 Å². The smallest absolute Gasteiger partial charge is 0.335 e. The molecule has 0 heterocycles. The summed E-state index contributed by atoms with van der Waals surface area (Å²) in [6, 6.07) is 11.9. The minimum atomic E-state index is -1.06. The molecule has 20 heavy (non-hydrogen) atoms. The van der Waals surface area contributed by atoms with Crippen molar-refractivity contribution >= 4 is 5.97 Å². The SMILES string of the molecule is COc1cc(C(=O)O)cc(OC)c1Oc1ccccc1. The first kappa shape index (κ1) is 13.7. The molecule has 2 rings (SSSR count). The van der Waals surface area contributed by atoms with Crippen LogP contribution in [0.1, 0.15) is 10.4 Å². The van der Waals surface area contributed by atoms with Crippen LogP contribution in [0.4, 0.5) is 0 Å². The second-order valence-corrected chi connectivity index (χ2v) is 3.93. The summed E-state index contributed by atoms with van der Waals surface area (Å²) in [5.74, 6) is 0.474. The number of aromatic carboxylic acids is 1. The van der Waals surface area contributed by atoms with E-state index in [1.165, 1.54) is 26.4 Å². The molecule has 5 nitrogen and oxygen atoms in total. The van der Waals surface area contributed by atoms with Gasteiger partial charge in [-0.25, -0.2) is 4.79 Å². The zero-order chi connectivity index (χ0) is 14.5. The summed E-state index contributed by atoms with van der Waals surface area (Å²) in [5, 5.41) is 9.05. The van der Waals surface area contributed by atoms with Crippen LogP contribution in [0.5, 0.6) is 23.0 Å². The molecule has 104 valence electrons. The van der Waals surface area contributed by atoms with E-state index >= 15 is 0 Å². The van der Waals surface area contributed by atoms with Crippen molar-refractivity contribution in [2.45, 2.75) is 0 Å². The Morgan fingerprint density at radius 3 is 2.00 bits per heavy atom. The third-order valence-electron chi connectivity index (χ3n) is 2.67. The van der Waals surface area contributed by atoms with Gasteiger partial charge in [0.2, 0.25) is 5.75 Å². The molecule has 0 spiro atoms. The number of rotatable bonds is 5. The second kappa shape index (κ2) is 5.97. The van der Waals surface area contributed by atoms with E-state index in [1.54, 1.807) is 12.1 Å². The highest BCUT2D eigenvalue weighted by molar-refractivity contribution is 5.89. The van der Waals surface area contributed by atoms with Gasteiger partial charge in [-0.3, -0.25) is 0 Å². The molecule has 0 fully saturated rings. The molecule has 0 aliphatic heterocycles. The number of ether oxygens (including phenoxy) is 3. The van der Waals surface area contributed by atoms with Gasteiger partial charge in [0.05, 0.1) is 19.8 Å². The maximum atomic E-state index is 11.1. The number of carboxylic acid groups (broad SMARTS) is 1. The molecule has 0 unspecified atom stereocenters. The van der Waals surface area contributed by atoms with Gasteiger partial charge < -0.3 is 19.3 Å². The van der Waals surface area contributed by atoms with Gasteiger partial charge in [0, 0.05) is 0 Å². The molecule has 0 atom stereocenters. The highest BCUT2D eigenvalue weighted by Crippen LogP contribution is 2.41. The predicted molar refractivity (Wildman–Crippen MR) is 73.0 cm³/mol. The molecule has 0 bridgehead atoms. The lowest BCUT2D eigenvalue weighted by molar-refractivity contribution is 0.0696. The van der Waals surface area contributed by atoms with Crippen LogP contribution >= 0.6 is 0 Å². The highest BCUT2D eigenvalue weighted by Gasteiger charge is 2.17. The normalized spacial score (nSPS) is 9.90. The van der Waals surface area contributed by atoms with Crippen molar-refractivity contribution < 1.29 is 24.1 Å². The largest absolute Gasteiger partial charge is 0.493 e. The Kier molecular flexibility index (Phi) is 4.10. The molecule has 0 amide bonds. The standard InChI is InChI=1S/C15H14O5/c1-18-12-8-10(15(16)17)9-13(19-2)14(12)20-11-6-4-3-5-7-11/h3-9H,1-2H3,(H,16,17). The Morgan fingerprint density at radius 2 is 1.55 bits per heavy atom. The number of carbonyl (C=O) groups is 1. The third-order valence-corrected chi connectivity index (χ3v) is 2.67. The van der Waals surface area contributed by atoms with Gasteiger partial charge in [0.15, 0.2) is 11.5 Å². The van der Waals surface area contributed by atoms with E-state index in [1.807, 2.05) is 18.2 Å². The highest BCUT2D eigenvalue weighted by atomic mass is 16.5. The van der Waals surface area contributed by atoms with Crippen molar-refractivity contribution in [3.63, 3.8) is 0 Å². The van der Waals surface area contributed by atoms with E-state index in [9.17, 15) is 4.79 Å². The average molecular weight is 274 g/mol. The first-order chi connectivity index (χ1) is 9.65. The van der Waals surface area contributed by atoms with Gasteiger partial charge >= 0.3 is 5.97 Å². The molecule has 0 saturated heterocycles. The van der Waals surface area contributed by atoms with Crippen molar-refractivity contribution in [2.24, 2.45) is 0 Å². The Morgan fingerprint density at radius 1 is 1.00 bits per heavy atom. The van der Waals surface area contributed by atoms with Gasteiger partial charge in [-0.2, -0.15) is 0 Å². The van der Waals surface area contributed by atoms with Crippen LogP contribution in [0.25, 0.3) is 0 Å². The zero-order valence-electron chi connectivity index (χ0n) is 11.1. The summed E-state index contributed by atoms with van der Waals surface area (Å²) in [5.41, 5.74) is 0.0686. The van der Waals surface area contributed by atoms with E-state index in [2.05, 4.69) is 0 Å². The number of para-hydroxylation sites is 1. The fourth-order valence-electron chi connectivity index (χ4n) is 1.71. The van der Waals surface area contributed by atoms with Crippen molar-refractivity contribution in [1.82, 2.24) is 0 Å². The van der Waals surface area contributed by atoms with Crippen LogP contribution in [-0.4, -0.2) is 25.3 Å². The third kappa shape index (κ3) is 2.83. The summed E-state index contributed by atoms with van der Waals surface area (Å²) in [6.45, 7) is 0. The molecule has 0 radical (unpaired) electrons. The number of hydrogen-bond donors (Lipinski definition) is 1. The van der Waals surface area contributed by atoms with Gasteiger partial charge in [-0.1, -0.05) is 18.2 Å². The number of benzene rings is 2. The van der Waals surface area contributed by atoms with Crippen molar-refractivity contribution in [2.75, 3.05) is 14.2 Å². The summed E-state index contributed by atoms with van der Waals surface area (Å²) >= 11 is 0. The summed E-state index contributed by atoms with van der Waals surface area (Å²) < 4.78 is 16.1. The molecule has 1 N–H and O–H groups in total. The van der Waals surface area contributed by atoms with Crippen molar-refractivity contribution in [1.29, 1.82) is 0 Å². The molecule has 5 heteroatoms. The lowest BCUT2D eigenvalue weighted by atomic mass is 10.2. The fourth-order valence-corrected chi connectivity index (χ4v) is 1.71. The van der Waals surface area contributed by atoms with Crippen LogP contribution in [0.15, 0.2) is 42.5 Å². The first-order valence-electron chi connectivity index (χ1n) is 5.88. The predicted octanol–water partition coefficient (Wildman–Crippen LogP) is 3.19. The molecule has 2 aromatic carbocycles. The van der Waals surface area contributed by atoms with Crippen LogP contribution in [-0.2, 0) is 0 Å². The van der Waals surface area contributed by atoms with Gasteiger partial charge in [0.25, 0.3) is 0 Å². The lowest BCUT2D eigenvalue weighted by Gasteiger charge is -2.14. The maximum Gasteiger partial charge on any atom is 0.335 e. The van der Waals surface area contributed by atoms with Crippen LogP contribution in [0.2, 0.25) is 0 Å². The Labute approximate surface area is 116 Å². The molecule has 2 aromatic rings. The second-order valence-electron chi connectivity index (χ2n) is 3.93. The molecule has 0 saturated carbocycles. The van der Waals surface area contributed by atoms with Crippen molar-refractivity contribution in [3.8, 4) is 23.0 Å². The van der Waals surface area contributed by atoms with E-state index in [4.69, 9.17) is 19.3 Å². The monoisotopic (exact) mass is 274 g/mol. The lowest BCUT2D eigenvalue weighted by Crippen LogP contribution is -2.01. The molecular weight excluding hydrogens is 260 g/mol. The summed E-state index contributed by atoms with van der Waals surface area (Å²) in [4.78, 5) is 11.1. The van der Waals surface area contributed by atoms with E-state index < -0.39 is 5.97 Å². The number of methoxy groups -OCH3 is 2. The van der Waals surface area contributed by atoms with E-state index in [-0.39, 0.29) is 5.56 Å². The zero-order valence-corrected chi connectivity index (χ0v) is 11.1. The van der Waals surface area contributed by atoms with Crippen LogP contribution < -0.4 is 14.2 Å². The Hall–Kier alpha value is -2.69. The summed E-state index contributed by atoms with van der Waals surface area (Å²) in [6.07, 6.45) is 0. The molecule has 0 aliphatic rings. The maximum absolute atomic E-state index is 11.1. The molecule has 0 aliphatic carbocycles. The van der Waals surface area contributed by atoms with Gasteiger partial charge in [-0.15, -0.1) is 0 Å². The first-order valence-corrected chi connectivity index (χ1v) is 5.88. The average Bonchev–Trinajstić information content (AvgIpc) is 2.48. The van der Waals surface area contributed by atoms with Gasteiger partial charge in [0.1, 0.15) is 5.75 Å². The minimum Gasteiger partial charge on any atom is -0.493 e. The molecular formula is C15H14O5. The van der Waals surface area contributed by atoms with Crippen molar-refractivity contribution in [3.05, 3.63) is 48.0 Å². The Balaban J connectivity index is 2.48. The Bertz CT molecular complexity index is 582. The van der Waals surface area contributed by atoms with E-state index in [0.717, 1.165) is 0 Å².